The van der Waals surface area contributed by atoms with E-state index in [0.717, 1.165) is 5.56 Å². The molecule has 0 bridgehead atoms. The molecule has 0 amide bonds. The lowest BCUT2D eigenvalue weighted by Gasteiger charge is -1.96. The molecule has 1 rings (SSSR count). The van der Waals surface area contributed by atoms with E-state index in [2.05, 4.69) is 4.98 Å². The molecule has 0 aliphatic carbocycles. The van der Waals surface area contributed by atoms with Crippen LogP contribution in [0.3, 0.4) is 0 Å². The van der Waals surface area contributed by atoms with Crippen molar-refractivity contribution in [1.29, 1.82) is 0 Å². The van der Waals surface area contributed by atoms with Crippen LogP contribution in [0, 0.1) is 0 Å². The van der Waals surface area contributed by atoms with Gasteiger partial charge in [0.25, 0.3) is 0 Å². The van der Waals surface area contributed by atoms with Gasteiger partial charge in [0.2, 0.25) is 0 Å². The fraction of sp³-hybridized carbons (Fsp3) is 0.111. The molecule has 0 fully saturated rings. The van der Waals surface area contributed by atoms with Gasteiger partial charge in [0.15, 0.2) is 0 Å². The van der Waals surface area contributed by atoms with Gasteiger partial charge in [0.1, 0.15) is 0 Å². The van der Waals surface area contributed by atoms with E-state index in [9.17, 15) is 4.79 Å². The van der Waals surface area contributed by atoms with E-state index in [1.165, 1.54) is 11.8 Å². The summed E-state index contributed by atoms with van der Waals surface area (Å²) in [7, 11) is 0. The van der Waals surface area contributed by atoms with Gasteiger partial charge in [-0.2, -0.15) is 0 Å². The number of hydrogen-bond donors (Lipinski definition) is 1. The maximum Gasteiger partial charge on any atom is 0.342 e. The zero-order valence-corrected chi connectivity index (χ0v) is 7.91. The van der Waals surface area contributed by atoms with Gasteiger partial charge < -0.3 is 5.11 Å². The van der Waals surface area contributed by atoms with Crippen molar-refractivity contribution >= 4 is 23.8 Å². The lowest BCUT2D eigenvalue weighted by atomic mass is 10.2. The van der Waals surface area contributed by atoms with E-state index < -0.39 is 5.97 Å². The average molecular weight is 195 g/mol. The van der Waals surface area contributed by atoms with Crippen LogP contribution in [0.2, 0.25) is 0 Å². The SMILES string of the molecule is CS/C(=C/c1cccnc1)C(=O)O. The van der Waals surface area contributed by atoms with E-state index in [-0.39, 0.29) is 0 Å². The van der Waals surface area contributed by atoms with Gasteiger partial charge in [-0.05, 0) is 24.0 Å². The Bertz CT molecular complexity index is 322. The first-order valence-corrected chi connectivity index (χ1v) is 4.85. The molecule has 0 aliphatic rings. The van der Waals surface area contributed by atoms with Gasteiger partial charge in [0.05, 0.1) is 4.91 Å². The second-order valence-corrected chi connectivity index (χ2v) is 3.15. The Labute approximate surface area is 80.5 Å². The molecule has 1 aromatic rings. The van der Waals surface area contributed by atoms with Crippen LogP contribution >= 0.6 is 11.8 Å². The zero-order valence-electron chi connectivity index (χ0n) is 7.10. The molecule has 0 saturated carbocycles. The Kier molecular flexibility index (Phi) is 3.52. The minimum absolute atomic E-state index is 0.313. The summed E-state index contributed by atoms with van der Waals surface area (Å²) in [6.07, 6.45) is 6.60. The second kappa shape index (κ2) is 4.67. The molecule has 0 spiro atoms. The summed E-state index contributed by atoms with van der Waals surface area (Å²) >= 11 is 1.21. The zero-order chi connectivity index (χ0) is 9.68. The van der Waals surface area contributed by atoms with Gasteiger partial charge in [-0.25, -0.2) is 4.79 Å². The second-order valence-electron chi connectivity index (χ2n) is 2.30. The Morgan fingerprint density at radius 2 is 2.46 bits per heavy atom. The highest BCUT2D eigenvalue weighted by atomic mass is 32.2. The number of aliphatic carboxylic acids is 1. The van der Waals surface area contributed by atoms with Crippen LogP contribution in [0.1, 0.15) is 5.56 Å². The Morgan fingerprint density at radius 1 is 1.69 bits per heavy atom. The maximum absolute atomic E-state index is 10.6. The van der Waals surface area contributed by atoms with E-state index >= 15 is 0 Å². The topological polar surface area (TPSA) is 50.2 Å². The smallest absolute Gasteiger partial charge is 0.342 e. The van der Waals surface area contributed by atoms with Gasteiger partial charge in [0, 0.05) is 12.4 Å². The number of carboxylic acid groups (broad SMARTS) is 1. The fourth-order valence-electron chi connectivity index (χ4n) is 0.821. The monoisotopic (exact) mass is 195 g/mol. The molecule has 3 nitrogen and oxygen atoms in total. The van der Waals surface area contributed by atoms with Crippen LogP contribution < -0.4 is 0 Å². The molecule has 1 aromatic heterocycles. The lowest BCUT2D eigenvalue weighted by molar-refractivity contribution is -0.131. The number of thioether (sulfide) groups is 1. The lowest BCUT2D eigenvalue weighted by Crippen LogP contribution is -1.95. The first-order chi connectivity index (χ1) is 6.24. The number of rotatable bonds is 3. The Hall–Kier alpha value is -1.29. The van der Waals surface area contributed by atoms with E-state index in [4.69, 9.17) is 5.11 Å². The number of carboxylic acids is 1. The molecule has 0 saturated heterocycles. The van der Waals surface area contributed by atoms with Crippen molar-refractivity contribution in [1.82, 2.24) is 4.98 Å². The van der Waals surface area contributed by atoms with Crippen LogP contribution in [-0.2, 0) is 4.79 Å². The molecular formula is C9H9NO2S. The summed E-state index contributed by atoms with van der Waals surface area (Å²) in [5.74, 6) is -0.906. The van der Waals surface area contributed by atoms with Crippen LogP contribution in [0.15, 0.2) is 29.4 Å². The van der Waals surface area contributed by atoms with Gasteiger partial charge in [-0.3, -0.25) is 4.98 Å². The van der Waals surface area contributed by atoms with Crippen LogP contribution in [-0.4, -0.2) is 22.3 Å². The fourth-order valence-corrected chi connectivity index (χ4v) is 1.25. The summed E-state index contributed by atoms with van der Waals surface area (Å²) in [5.41, 5.74) is 0.800. The predicted octanol–water partition coefficient (Wildman–Crippen LogP) is 1.87. The summed E-state index contributed by atoms with van der Waals surface area (Å²) in [4.78, 5) is 14.8. The number of carbonyl (C=O) groups is 1. The number of pyridine rings is 1. The van der Waals surface area contributed by atoms with Crippen molar-refractivity contribution in [3.8, 4) is 0 Å². The first-order valence-electron chi connectivity index (χ1n) is 3.63. The molecule has 0 aliphatic heterocycles. The largest absolute Gasteiger partial charge is 0.477 e. The van der Waals surface area contributed by atoms with E-state index in [1.54, 1.807) is 30.8 Å². The summed E-state index contributed by atoms with van der Waals surface area (Å²) in [6.45, 7) is 0. The van der Waals surface area contributed by atoms with Crippen LogP contribution in [0.25, 0.3) is 6.08 Å². The molecule has 0 radical (unpaired) electrons. The minimum atomic E-state index is -0.906. The molecule has 1 N–H and O–H groups in total. The molecule has 0 aromatic carbocycles. The van der Waals surface area contributed by atoms with E-state index in [0.29, 0.717) is 4.91 Å². The predicted molar refractivity (Wildman–Crippen MR) is 53.4 cm³/mol. The van der Waals surface area contributed by atoms with E-state index in [1.807, 2.05) is 6.07 Å². The Balaban J connectivity index is 2.92. The highest BCUT2D eigenvalue weighted by molar-refractivity contribution is 8.03. The summed E-state index contributed by atoms with van der Waals surface area (Å²) < 4.78 is 0. The number of aromatic nitrogens is 1. The molecule has 68 valence electrons. The van der Waals surface area contributed by atoms with Crippen molar-refractivity contribution in [2.24, 2.45) is 0 Å². The standard InChI is InChI=1S/C9H9NO2S/c1-13-8(9(11)12)5-7-3-2-4-10-6-7/h2-6H,1H3,(H,11,12)/b8-5+. The summed E-state index contributed by atoms with van der Waals surface area (Å²) in [6, 6.07) is 3.58. The van der Waals surface area contributed by atoms with Crippen molar-refractivity contribution in [3.63, 3.8) is 0 Å². The highest BCUT2D eigenvalue weighted by Crippen LogP contribution is 2.15. The molecule has 4 heteroatoms. The normalized spacial score (nSPS) is 11.3. The molecule has 0 atom stereocenters. The minimum Gasteiger partial charge on any atom is -0.477 e. The van der Waals surface area contributed by atoms with Gasteiger partial charge in [-0.15, -0.1) is 11.8 Å². The number of nitrogens with zero attached hydrogens (tertiary/aromatic N) is 1. The third kappa shape index (κ3) is 2.91. The van der Waals surface area contributed by atoms with Gasteiger partial charge in [-0.1, -0.05) is 6.07 Å². The molecular weight excluding hydrogens is 186 g/mol. The highest BCUT2D eigenvalue weighted by Gasteiger charge is 2.04. The summed E-state index contributed by atoms with van der Waals surface area (Å²) in [5, 5.41) is 8.73. The van der Waals surface area contributed by atoms with Crippen LogP contribution in [0.5, 0.6) is 0 Å². The first kappa shape index (κ1) is 9.80. The Morgan fingerprint density at radius 3 is 2.92 bits per heavy atom. The third-order valence-electron chi connectivity index (χ3n) is 1.41. The van der Waals surface area contributed by atoms with Crippen molar-refractivity contribution < 1.29 is 9.90 Å². The molecule has 1 heterocycles. The van der Waals surface area contributed by atoms with Crippen molar-refractivity contribution in [2.45, 2.75) is 0 Å². The third-order valence-corrected chi connectivity index (χ3v) is 2.15. The van der Waals surface area contributed by atoms with Crippen molar-refractivity contribution in [3.05, 3.63) is 35.0 Å². The average Bonchev–Trinajstić information content (AvgIpc) is 2.15. The molecule has 0 unspecified atom stereocenters. The molecule has 13 heavy (non-hydrogen) atoms. The van der Waals surface area contributed by atoms with Crippen molar-refractivity contribution in [2.75, 3.05) is 6.26 Å². The van der Waals surface area contributed by atoms with Gasteiger partial charge >= 0.3 is 5.97 Å². The quantitative estimate of drug-likeness (QED) is 0.748. The maximum atomic E-state index is 10.6. The number of hydrogen-bond acceptors (Lipinski definition) is 3. The van der Waals surface area contributed by atoms with Crippen LogP contribution in [0.4, 0.5) is 0 Å².